The molecule has 0 aliphatic heterocycles. The molecule has 1 rings (SSSR count). The molecule has 0 spiro atoms. The standard InChI is InChI=1S/C13H24N2O3/c1-8(2)10(14)11(16)15-13(12(17)18)6-4-5-9(3)7-13/h8-10H,4-7,14H2,1-3H3,(H,15,16)(H,17,18). The van der Waals surface area contributed by atoms with Crippen molar-refractivity contribution in [3.63, 3.8) is 0 Å². The molecule has 1 fully saturated rings. The highest BCUT2D eigenvalue weighted by Crippen LogP contribution is 2.32. The van der Waals surface area contributed by atoms with Crippen LogP contribution >= 0.6 is 0 Å². The Labute approximate surface area is 108 Å². The van der Waals surface area contributed by atoms with E-state index in [4.69, 9.17) is 5.73 Å². The maximum Gasteiger partial charge on any atom is 0.329 e. The van der Waals surface area contributed by atoms with Crippen LogP contribution in [0.2, 0.25) is 0 Å². The molecule has 0 aromatic heterocycles. The summed E-state index contributed by atoms with van der Waals surface area (Å²) < 4.78 is 0. The second-order valence-corrected chi connectivity index (χ2v) is 5.85. The van der Waals surface area contributed by atoms with Gasteiger partial charge in [-0.1, -0.05) is 33.6 Å². The quantitative estimate of drug-likeness (QED) is 0.702. The van der Waals surface area contributed by atoms with Crippen LogP contribution in [0, 0.1) is 11.8 Å². The van der Waals surface area contributed by atoms with E-state index in [9.17, 15) is 14.7 Å². The molecule has 3 atom stereocenters. The average molecular weight is 256 g/mol. The third kappa shape index (κ3) is 3.22. The molecule has 4 N–H and O–H groups in total. The Bertz CT molecular complexity index is 330. The summed E-state index contributed by atoms with van der Waals surface area (Å²) in [5, 5.41) is 12.1. The van der Waals surface area contributed by atoms with E-state index in [0.717, 1.165) is 12.8 Å². The first-order valence-electron chi connectivity index (χ1n) is 6.59. The van der Waals surface area contributed by atoms with Gasteiger partial charge in [-0.15, -0.1) is 0 Å². The Morgan fingerprint density at radius 2 is 2.06 bits per heavy atom. The van der Waals surface area contributed by atoms with Crippen LogP contribution in [0.25, 0.3) is 0 Å². The van der Waals surface area contributed by atoms with E-state index in [-0.39, 0.29) is 11.8 Å². The lowest BCUT2D eigenvalue weighted by molar-refractivity contribution is -0.150. The van der Waals surface area contributed by atoms with Crippen LogP contribution in [0.4, 0.5) is 0 Å². The number of hydrogen-bond donors (Lipinski definition) is 3. The van der Waals surface area contributed by atoms with Crippen molar-refractivity contribution in [3.05, 3.63) is 0 Å². The Kier molecular flexibility index (Phi) is 4.73. The number of amides is 1. The van der Waals surface area contributed by atoms with Gasteiger partial charge >= 0.3 is 5.97 Å². The van der Waals surface area contributed by atoms with Gasteiger partial charge in [-0.25, -0.2) is 4.79 Å². The van der Waals surface area contributed by atoms with Crippen molar-refractivity contribution in [1.82, 2.24) is 5.32 Å². The number of nitrogens with two attached hydrogens (primary N) is 1. The summed E-state index contributed by atoms with van der Waals surface area (Å²) in [5.74, 6) is -0.998. The van der Waals surface area contributed by atoms with E-state index in [1.54, 1.807) is 0 Å². The average Bonchev–Trinajstić information content (AvgIpc) is 2.27. The number of carboxylic acid groups (broad SMARTS) is 1. The first kappa shape index (κ1) is 15.0. The highest BCUT2D eigenvalue weighted by molar-refractivity contribution is 5.89. The van der Waals surface area contributed by atoms with Crippen molar-refractivity contribution in [3.8, 4) is 0 Å². The molecule has 0 radical (unpaired) electrons. The van der Waals surface area contributed by atoms with Gasteiger partial charge in [0.2, 0.25) is 5.91 Å². The van der Waals surface area contributed by atoms with Crippen LogP contribution in [0.5, 0.6) is 0 Å². The monoisotopic (exact) mass is 256 g/mol. The zero-order valence-corrected chi connectivity index (χ0v) is 11.4. The summed E-state index contributed by atoms with van der Waals surface area (Å²) in [6, 6.07) is -0.654. The van der Waals surface area contributed by atoms with Crippen molar-refractivity contribution >= 4 is 11.9 Å². The van der Waals surface area contributed by atoms with Gasteiger partial charge in [-0.3, -0.25) is 4.79 Å². The fourth-order valence-corrected chi connectivity index (χ4v) is 2.53. The van der Waals surface area contributed by atoms with Crippen LogP contribution in [-0.4, -0.2) is 28.6 Å². The number of carboxylic acids is 1. The van der Waals surface area contributed by atoms with Crippen LogP contribution < -0.4 is 11.1 Å². The van der Waals surface area contributed by atoms with Crippen LogP contribution in [0.1, 0.15) is 46.5 Å². The summed E-state index contributed by atoms with van der Waals surface area (Å²) in [7, 11) is 0. The van der Waals surface area contributed by atoms with Crippen molar-refractivity contribution in [1.29, 1.82) is 0 Å². The second kappa shape index (κ2) is 5.69. The lowest BCUT2D eigenvalue weighted by atomic mass is 9.76. The predicted octanol–water partition coefficient (Wildman–Crippen LogP) is 1.12. The maximum atomic E-state index is 12.0. The molecular weight excluding hydrogens is 232 g/mol. The molecule has 3 unspecified atom stereocenters. The Hall–Kier alpha value is -1.10. The van der Waals surface area contributed by atoms with E-state index in [0.29, 0.717) is 18.8 Å². The Balaban J connectivity index is 2.80. The summed E-state index contributed by atoms with van der Waals surface area (Å²) >= 11 is 0. The van der Waals surface area contributed by atoms with Crippen molar-refractivity contribution < 1.29 is 14.7 Å². The van der Waals surface area contributed by atoms with E-state index < -0.39 is 17.6 Å². The van der Waals surface area contributed by atoms with Gasteiger partial charge in [0.05, 0.1) is 6.04 Å². The largest absolute Gasteiger partial charge is 0.480 e. The van der Waals surface area contributed by atoms with Crippen LogP contribution in [-0.2, 0) is 9.59 Å². The fourth-order valence-electron chi connectivity index (χ4n) is 2.53. The zero-order valence-electron chi connectivity index (χ0n) is 11.4. The minimum atomic E-state index is -1.12. The maximum absolute atomic E-state index is 12.0. The van der Waals surface area contributed by atoms with Crippen molar-refractivity contribution in [2.75, 3.05) is 0 Å². The van der Waals surface area contributed by atoms with Crippen molar-refractivity contribution in [2.24, 2.45) is 17.6 Å². The zero-order chi connectivity index (χ0) is 13.9. The molecule has 1 amide bonds. The van der Waals surface area contributed by atoms with E-state index in [1.807, 2.05) is 20.8 Å². The van der Waals surface area contributed by atoms with Gasteiger partial charge in [0, 0.05) is 0 Å². The third-order valence-electron chi connectivity index (χ3n) is 3.79. The molecular formula is C13H24N2O3. The number of aliphatic carboxylic acids is 1. The van der Waals surface area contributed by atoms with Crippen LogP contribution in [0.3, 0.4) is 0 Å². The topological polar surface area (TPSA) is 92.4 Å². The first-order valence-corrected chi connectivity index (χ1v) is 6.59. The molecule has 1 aliphatic rings. The first-order chi connectivity index (χ1) is 8.28. The predicted molar refractivity (Wildman–Crippen MR) is 69.0 cm³/mol. The Morgan fingerprint density at radius 3 is 2.50 bits per heavy atom. The van der Waals surface area contributed by atoms with Gasteiger partial charge < -0.3 is 16.2 Å². The SMILES string of the molecule is CC1CCCC(NC(=O)C(N)C(C)C)(C(=O)O)C1. The molecule has 0 aromatic carbocycles. The summed E-state index contributed by atoms with van der Waals surface area (Å²) in [5.41, 5.74) is 4.64. The van der Waals surface area contributed by atoms with Gasteiger partial charge in [0.25, 0.3) is 0 Å². The number of carbonyl (C=O) groups excluding carboxylic acids is 1. The molecule has 1 aliphatic carbocycles. The number of carbonyl (C=O) groups is 2. The smallest absolute Gasteiger partial charge is 0.329 e. The molecule has 0 heterocycles. The summed E-state index contributed by atoms with van der Waals surface area (Å²) in [6.45, 7) is 5.72. The van der Waals surface area contributed by atoms with E-state index in [2.05, 4.69) is 5.32 Å². The molecule has 5 nitrogen and oxygen atoms in total. The molecule has 0 saturated heterocycles. The molecule has 0 aromatic rings. The lowest BCUT2D eigenvalue weighted by Gasteiger charge is -2.38. The molecule has 18 heavy (non-hydrogen) atoms. The van der Waals surface area contributed by atoms with E-state index >= 15 is 0 Å². The van der Waals surface area contributed by atoms with Gasteiger partial charge in [-0.05, 0) is 24.7 Å². The third-order valence-corrected chi connectivity index (χ3v) is 3.79. The second-order valence-electron chi connectivity index (χ2n) is 5.85. The van der Waals surface area contributed by atoms with E-state index in [1.165, 1.54) is 0 Å². The number of rotatable bonds is 4. The summed E-state index contributed by atoms with van der Waals surface area (Å²) in [6.07, 6.45) is 2.81. The van der Waals surface area contributed by atoms with Gasteiger partial charge in [0.15, 0.2) is 0 Å². The van der Waals surface area contributed by atoms with Crippen molar-refractivity contribution in [2.45, 2.75) is 58.0 Å². The molecule has 0 bridgehead atoms. The molecule has 5 heteroatoms. The number of hydrogen-bond acceptors (Lipinski definition) is 3. The van der Waals surface area contributed by atoms with Gasteiger partial charge in [0.1, 0.15) is 5.54 Å². The normalized spacial score (nSPS) is 29.9. The Morgan fingerprint density at radius 1 is 1.44 bits per heavy atom. The highest BCUT2D eigenvalue weighted by Gasteiger charge is 2.43. The molecule has 104 valence electrons. The van der Waals surface area contributed by atoms with Gasteiger partial charge in [-0.2, -0.15) is 0 Å². The molecule has 1 saturated carbocycles. The number of nitrogens with one attached hydrogen (secondary N) is 1. The minimum absolute atomic E-state index is 0.00291. The summed E-state index contributed by atoms with van der Waals surface area (Å²) in [4.78, 5) is 23.5. The minimum Gasteiger partial charge on any atom is -0.480 e. The highest BCUT2D eigenvalue weighted by atomic mass is 16.4. The van der Waals surface area contributed by atoms with Crippen LogP contribution in [0.15, 0.2) is 0 Å². The lowest BCUT2D eigenvalue weighted by Crippen LogP contribution is -2.60. The fraction of sp³-hybridized carbons (Fsp3) is 0.846.